The molecule has 0 amide bonds. The van der Waals surface area contributed by atoms with Gasteiger partial charge in [0.15, 0.2) is 0 Å². The van der Waals surface area contributed by atoms with E-state index >= 15 is 0 Å². The number of nitrogens with zero attached hydrogens (tertiary/aromatic N) is 1. The summed E-state index contributed by atoms with van der Waals surface area (Å²) in [6.45, 7) is 1.98. The summed E-state index contributed by atoms with van der Waals surface area (Å²) in [6.07, 6.45) is 0.834. The summed E-state index contributed by atoms with van der Waals surface area (Å²) in [4.78, 5) is 0. The molecule has 6 heteroatoms. The maximum absolute atomic E-state index is 10.9. The van der Waals surface area contributed by atoms with Gasteiger partial charge in [-0.1, -0.05) is 0 Å². The van der Waals surface area contributed by atoms with Crippen LogP contribution in [-0.2, 0) is 10.1 Å². The van der Waals surface area contributed by atoms with Crippen molar-refractivity contribution in [2.75, 3.05) is 19.6 Å². The summed E-state index contributed by atoms with van der Waals surface area (Å²) in [5.74, 6) is 0.112. The van der Waals surface area contributed by atoms with E-state index in [-0.39, 0.29) is 5.92 Å². The summed E-state index contributed by atoms with van der Waals surface area (Å²) in [5.41, 5.74) is 3.07. The quantitative estimate of drug-likeness (QED) is 0.526. The van der Waals surface area contributed by atoms with Crippen LogP contribution in [0.3, 0.4) is 0 Å². The Labute approximate surface area is 71.5 Å². The van der Waals surface area contributed by atoms with Crippen molar-refractivity contribution in [1.29, 1.82) is 0 Å². The first-order valence-electron chi connectivity index (χ1n) is 4.02. The molecule has 0 radical (unpaired) electrons. The van der Waals surface area contributed by atoms with Gasteiger partial charge >= 0.3 is 0 Å². The molecule has 5 nitrogen and oxygen atoms in total. The number of hydrazine groups is 1. The zero-order chi connectivity index (χ0) is 8.77. The van der Waals surface area contributed by atoms with Gasteiger partial charge in [0.25, 0.3) is 10.1 Å². The lowest BCUT2D eigenvalue weighted by atomic mass is 10.0. The van der Waals surface area contributed by atoms with Crippen molar-refractivity contribution in [2.24, 2.45) is 5.92 Å². The minimum absolute atomic E-state index is 0.112. The molecule has 2 rings (SSSR count). The standard InChI is InChI=1S/C6H12N2O3S/c9-12(10,11)6-4-8-3-5(6)1-2-7-8/h5-7H,1-4H2,(H,9,10,11). The average Bonchev–Trinajstić information content (AvgIpc) is 2.25. The van der Waals surface area contributed by atoms with Gasteiger partial charge in [-0.05, 0) is 12.3 Å². The van der Waals surface area contributed by atoms with Gasteiger partial charge in [-0.15, -0.1) is 0 Å². The minimum atomic E-state index is -3.84. The molecule has 0 saturated carbocycles. The van der Waals surface area contributed by atoms with Gasteiger partial charge in [-0.3, -0.25) is 9.98 Å². The second-order valence-corrected chi connectivity index (χ2v) is 5.05. The molecule has 0 aromatic heterocycles. The lowest BCUT2D eigenvalue weighted by molar-refractivity contribution is 0.190. The first-order chi connectivity index (χ1) is 5.57. The highest BCUT2D eigenvalue weighted by Gasteiger charge is 2.42. The second-order valence-electron chi connectivity index (χ2n) is 3.42. The minimum Gasteiger partial charge on any atom is -0.285 e. The average molecular weight is 192 g/mol. The highest BCUT2D eigenvalue weighted by Crippen LogP contribution is 2.26. The summed E-state index contributed by atoms with van der Waals surface area (Å²) < 4.78 is 30.6. The number of fused-ring (bicyclic) bond motifs is 2. The van der Waals surface area contributed by atoms with Gasteiger partial charge in [0.2, 0.25) is 0 Å². The molecule has 3 unspecified atom stereocenters. The number of hydrogen-bond acceptors (Lipinski definition) is 4. The van der Waals surface area contributed by atoms with Crippen LogP contribution in [0.2, 0.25) is 0 Å². The van der Waals surface area contributed by atoms with E-state index < -0.39 is 15.4 Å². The third kappa shape index (κ3) is 1.35. The number of rotatable bonds is 1. The second kappa shape index (κ2) is 2.66. The first kappa shape index (κ1) is 8.43. The summed E-state index contributed by atoms with van der Waals surface area (Å²) >= 11 is 0. The molecule has 0 spiro atoms. The van der Waals surface area contributed by atoms with Crippen LogP contribution in [0.5, 0.6) is 0 Å². The molecule has 2 heterocycles. The summed E-state index contributed by atoms with van der Waals surface area (Å²) in [5, 5.41) is 1.29. The van der Waals surface area contributed by atoms with E-state index in [0.29, 0.717) is 6.54 Å². The Bertz CT molecular complexity index is 277. The van der Waals surface area contributed by atoms with Crippen molar-refractivity contribution in [3.8, 4) is 0 Å². The van der Waals surface area contributed by atoms with E-state index in [1.807, 2.05) is 5.01 Å². The predicted molar refractivity (Wildman–Crippen MR) is 43.0 cm³/mol. The molecule has 2 aliphatic rings. The van der Waals surface area contributed by atoms with Gasteiger partial charge in [0.05, 0.1) is 0 Å². The Kier molecular flexibility index (Phi) is 1.87. The highest BCUT2D eigenvalue weighted by atomic mass is 32.2. The smallest absolute Gasteiger partial charge is 0.269 e. The van der Waals surface area contributed by atoms with Crippen molar-refractivity contribution >= 4 is 10.1 Å². The van der Waals surface area contributed by atoms with Gasteiger partial charge in [0, 0.05) is 19.6 Å². The van der Waals surface area contributed by atoms with Gasteiger partial charge in [-0.2, -0.15) is 8.42 Å². The topological polar surface area (TPSA) is 69.6 Å². The van der Waals surface area contributed by atoms with Crippen LogP contribution in [0, 0.1) is 5.92 Å². The van der Waals surface area contributed by atoms with Crippen molar-refractivity contribution < 1.29 is 13.0 Å². The molecule has 2 fully saturated rings. The molecule has 0 aromatic carbocycles. The maximum Gasteiger partial charge on any atom is 0.269 e. The molecule has 3 atom stereocenters. The SMILES string of the molecule is O=S(=O)(O)C1CN2CC1CCN2. The van der Waals surface area contributed by atoms with Gasteiger partial charge in [0.1, 0.15) is 5.25 Å². The third-order valence-corrected chi connectivity index (χ3v) is 3.91. The molecule has 70 valence electrons. The first-order valence-corrected chi connectivity index (χ1v) is 5.52. The maximum atomic E-state index is 10.9. The van der Waals surface area contributed by atoms with Crippen LogP contribution in [0.1, 0.15) is 6.42 Å². The summed E-state index contributed by atoms with van der Waals surface area (Å²) in [7, 11) is -3.84. The van der Waals surface area contributed by atoms with E-state index in [1.165, 1.54) is 0 Å². The number of hydrogen-bond donors (Lipinski definition) is 2. The fraction of sp³-hybridized carbons (Fsp3) is 1.00. The van der Waals surface area contributed by atoms with Crippen LogP contribution in [0.15, 0.2) is 0 Å². The molecule has 12 heavy (non-hydrogen) atoms. The normalized spacial score (nSPS) is 41.6. The number of nitrogens with one attached hydrogen (secondary N) is 1. The predicted octanol–water partition coefficient (Wildman–Crippen LogP) is -0.917. The molecule has 0 aliphatic carbocycles. The van der Waals surface area contributed by atoms with Crippen molar-refractivity contribution in [2.45, 2.75) is 11.7 Å². The zero-order valence-electron chi connectivity index (χ0n) is 6.60. The molecular weight excluding hydrogens is 180 g/mol. The van der Waals surface area contributed by atoms with E-state index in [0.717, 1.165) is 19.5 Å². The molecular formula is C6H12N2O3S. The summed E-state index contributed by atoms with van der Waals surface area (Å²) in [6, 6.07) is 0. The lowest BCUT2D eigenvalue weighted by Gasteiger charge is -2.22. The van der Waals surface area contributed by atoms with Crippen LogP contribution < -0.4 is 5.43 Å². The van der Waals surface area contributed by atoms with E-state index in [2.05, 4.69) is 5.43 Å². The molecule has 2 N–H and O–H groups in total. The fourth-order valence-electron chi connectivity index (χ4n) is 1.99. The fourth-order valence-corrected chi connectivity index (χ4v) is 3.07. The van der Waals surface area contributed by atoms with Gasteiger partial charge < -0.3 is 0 Å². The van der Waals surface area contributed by atoms with E-state index in [9.17, 15) is 8.42 Å². The van der Waals surface area contributed by atoms with E-state index in [4.69, 9.17) is 4.55 Å². The monoisotopic (exact) mass is 192 g/mol. The Hall–Kier alpha value is -0.170. The largest absolute Gasteiger partial charge is 0.285 e. The molecule has 0 aromatic rings. The molecule has 2 aliphatic heterocycles. The Morgan fingerprint density at radius 1 is 1.42 bits per heavy atom. The highest BCUT2D eigenvalue weighted by molar-refractivity contribution is 7.86. The van der Waals surface area contributed by atoms with Crippen LogP contribution in [0.4, 0.5) is 0 Å². The lowest BCUT2D eigenvalue weighted by Crippen LogP contribution is -2.40. The van der Waals surface area contributed by atoms with Crippen molar-refractivity contribution in [1.82, 2.24) is 10.4 Å². The van der Waals surface area contributed by atoms with E-state index in [1.54, 1.807) is 0 Å². The Morgan fingerprint density at radius 3 is 2.75 bits per heavy atom. The van der Waals surface area contributed by atoms with Crippen LogP contribution >= 0.6 is 0 Å². The van der Waals surface area contributed by atoms with Crippen molar-refractivity contribution in [3.05, 3.63) is 0 Å². The third-order valence-electron chi connectivity index (χ3n) is 2.61. The van der Waals surface area contributed by atoms with Crippen LogP contribution in [-0.4, -0.2) is 42.9 Å². The van der Waals surface area contributed by atoms with Crippen LogP contribution in [0.25, 0.3) is 0 Å². The zero-order valence-corrected chi connectivity index (χ0v) is 7.42. The Morgan fingerprint density at radius 2 is 2.17 bits per heavy atom. The molecule has 2 saturated heterocycles. The van der Waals surface area contributed by atoms with Gasteiger partial charge in [-0.25, -0.2) is 5.01 Å². The Balaban J connectivity index is 2.20. The molecule has 2 bridgehead atoms. The van der Waals surface area contributed by atoms with Crippen molar-refractivity contribution in [3.63, 3.8) is 0 Å².